The van der Waals surface area contributed by atoms with E-state index in [1.54, 1.807) is 30.5 Å². The van der Waals surface area contributed by atoms with E-state index in [0.717, 1.165) is 6.42 Å². The number of nitrogens with zero attached hydrogens (tertiary/aromatic N) is 2. The third-order valence-corrected chi connectivity index (χ3v) is 5.42. The molecule has 2 aliphatic rings. The molecule has 2 amide bonds. The summed E-state index contributed by atoms with van der Waals surface area (Å²) in [4.78, 5) is 32.8. The highest BCUT2D eigenvalue weighted by molar-refractivity contribution is 5.96. The van der Waals surface area contributed by atoms with Crippen molar-refractivity contribution in [1.29, 1.82) is 0 Å². The minimum Gasteiger partial charge on any atom is -0.394 e. The van der Waals surface area contributed by atoms with Crippen LogP contribution in [0.2, 0.25) is 0 Å². The summed E-state index contributed by atoms with van der Waals surface area (Å²) in [5, 5.41) is 15.6. The Kier molecular flexibility index (Phi) is 5.84. The molecule has 9 nitrogen and oxygen atoms in total. The van der Waals surface area contributed by atoms with E-state index in [2.05, 4.69) is 32.4 Å². The molecule has 160 valence electrons. The third kappa shape index (κ3) is 4.35. The fourth-order valence-electron chi connectivity index (χ4n) is 3.59. The van der Waals surface area contributed by atoms with Gasteiger partial charge in [0, 0.05) is 24.3 Å². The zero-order valence-corrected chi connectivity index (χ0v) is 16.9. The Bertz CT molecular complexity index is 1070. The first-order valence-electron chi connectivity index (χ1n) is 10.0. The lowest BCUT2D eigenvalue weighted by molar-refractivity contribution is -0.126. The predicted molar refractivity (Wildman–Crippen MR) is 113 cm³/mol. The van der Waals surface area contributed by atoms with Crippen LogP contribution in [0.5, 0.6) is 0 Å². The molecule has 0 saturated carbocycles. The fraction of sp³-hybridized carbons (Fsp3) is 0.364. The van der Waals surface area contributed by atoms with Crippen molar-refractivity contribution >= 4 is 17.5 Å². The van der Waals surface area contributed by atoms with Crippen molar-refractivity contribution in [3.05, 3.63) is 41.7 Å². The van der Waals surface area contributed by atoms with Crippen LogP contribution in [0.3, 0.4) is 0 Å². The SMILES string of the molecule is NC(=O)c1nc(-c2cccc(C#C[C@@]3(CO)CCNC3=O)c2)ncc1N[C@@H]1CCOC1. The highest BCUT2D eigenvalue weighted by Crippen LogP contribution is 2.26. The quantitative estimate of drug-likeness (QED) is 0.509. The number of ether oxygens (including phenoxy) is 1. The van der Waals surface area contributed by atoms with Crippen molar-refractivity contribution < 1.29 is 19.4 Å². The zero-order chi connectivity index (χ0) is 21.8. The van der Waals surface area contributed by atoms with E-state index in [1.165, 1.54) is 0 Å². The molecule has 1 aromatic heterocycles. The lowest BCUT2D eigenvalue weighted by Crippen LogP contribution is -2.33. The van der Waals surface area contributed by atoms with Crippen molar-refractivity contribution in [3.63, 3.8) is 0 Å². The van der Waals surface area contributed by atoms with E-state index in [9.17, 15) is 14.7 Å². The molecular weight excluding hydrogens is 398 g/mol. The number of benzene rings is 1. The molecule has 0 radical (unpaired) electrons. The van der Waals surface area contributed by atoms with Crippen molar-refractivity contribution in [1.82, 2.24) is 15.3 Å². The molecular formula is C22H23N5O4. The van der Waals surface area contributed by atoms with Crippen molar-refractivity contribution in [2.45, 2.75) is 18.9 Å². The fourth-order valence-corrected chi connectivity index (χ4v) is 3.59. The number of carbonyl (C=O) groups is 2. The zero-order valence-electron chi connectivity index (χ0n) is 16.9. The maximum atomic E-state index is 12.0. The Hall–Kier alpha value is -3.48. The average Bonchev–Trinajstić information content (AvgIpc) is 3.42. The van der Waals surface area contributed by atoms with Crippen LogP contribution in [0.4, 0.5) is 5.69 Å². The number of rotatable bonds is 5. The molecule has 4 rings (SSSR count). The van der Waals surface area contributed by atoms with Gasteiger partial charge in [0.25, 0.3) is 5.91 Å². The summed E-state index contributed by atoms with van der Waals surface area (Å²) in [5.74, 6) is 5.31. The lowest BCUT2D eigenvalue weighted by Gasteiger charge is -2.15. The maximum Gasteiger partial charge on any atom is 0.269 e. The summed E-state index contributed by atoms with van der Waals surface area (Å²) in [6.07, 6.45) is 2.83. The summed E-state index contributed by atoms with van der Waals surface area (Å²) in [5.41, 5.74) is 6.33. The number of hydrogen-bond acceptors (Lipinski definition) is 7. The highest BCUT2D eigenvalue weighted by Gasteiger charge is 2.40. The van der Waals surface area contributed by atoms with Gasteiger partial charge < -0.3 is 26.2 Å². The summed E-state index contributed by atoms with van der Waals surface area (Å²) < 4.78 is 5.34. The van der Waals surface area contributed by atoms with Crippen LogP contribution >= 0.6 is 0 Å². The highest BCUT2D eigenvalue weighted by atomic mass is 16.5. The molecule has 2 aromatic rings. The van der Waals surface area contributed by atoms with Gasteiger partial charge in [-0.3, -0.25) is 9.59 Å². The normalized spacial score (nSPS) is 22.5. The maximum absolute atomic E-state index is 12.0. The Balaban J connectivity index is 1.62. The second kappa shape index (κ2) is 8.71. The second-order valence-electron chi connectivity index (χ2n) is 7.60. The standard InChI is InChI=1S/C22H23N5O4/c23-19(29)18-17(26-16-5-9-31-12-16)11-25-20(27-18)15-3-1-2-14(10-15)4-6-22(13-28)7-8-24-21(22)30/h1-3,10-11,16,26,28H,5,7-9,12-13H2,(H2,23,29)(H,24,30)/t16-,22+/m1/s1. The first kappa shape index (κ1) is 20.8. The van der Waals surface area contributed by atoms with Crippen molar-refractivity contribution in [3.8, 4) is 23.2 Å². The molecule has 0 unspecified atom stereocenters. The molecule has 0 aliphatic carbocycles. The number of carbonyl (C=O) groups excluding carboxylic acids is 2. The van der Waals surface area contributed by atoms with Gasteiger partial charge in [0.2, 0.25) is 5.91 Å². The van der Waals surface area contributed by atoms with E-state index in [1.807, 2.05) is 0 Å². The van der Waals surface area contributed by atoms with E-state index in [0.29, 0.717) is 48.8 Å². The van der Waals surface area contributed by atoms with Gasteiger partial charge in [-0.15, -0.1) is 0 Å². The molecule has 31 heavy (non-hydrogen) atoms. The number of nitrogens with two attached hydrogens (primary N) is 1. The Morgan fingerprint density at radius 3 is 3.00 bits per heavy atom. The van der Waals surface area contributed by atoms with Crippen LogP contribution in [-0.4, -0.2) is 59.3 Å². The Morgan fingerprint density at radius 1 is 1.45 bits per heavy atom. The second-order valence-corrected chi connectivity index (χ2v) is 7.60. The molecule has 0 spiro atoms. The lowest BCUT2D eigenvalue weighted by atomic mass is 9.88. The molecule has 5 N–H and O–H groups in total. The summed E-state index contributed by atoms with van der Waals surface area (Å²) in [7, 11) is 0. The molecule has 2 saturated heterocycles. The van der Waals surface area contributed by atoms with Gasteiger partial charge in [-0.25, -0.2) is 9.97 Å². The largest absolute Gasteiger partial charge is 0.394 e. The Labute approximate surface area is 179 Å². The van der Waals surface area contributed by atoms with Crippen LogP contribution in [0.25, 0.3) is 11.4 Å². The molecule has 3 heterocycles. The third-order valence-electron chi connectivity index (χ3n) is 5.42. The molecule has 9 heteroatoms. The number of aliphatic hydroxyl groups is 1. The summed E-state index contributed by atoms with van der Waals surface area (Å²) in [6, 6.07) is 7.22. The van der Waals surface area contributed by atoms with Crippen LogP contribution in [0, 0.1) is 17.3 Å². The number of nitrogens with one attached hydrogen (secondary N) is 2. The topological polar surface area (TPSA) is 139 Å². The monoisotopic (exact) mass is 421 g/mol. The predicted octanol–water partition coefficient (Wildman–Crippen LogP) is 0.293. The number of amides is 2. The van der Waals surface area contributed by atoms with Gasteiger partial charge in [-0.1, -0.05) is 24.0 Å². The molecule has 0 bridgehead atoms. The van der Waals surface area contributed by atoms with Gasteiger partial charge in [-0.2, -0.15) is 0 Å². The van der Waals surface area contributed by atoms with Gasteiger partial charge in [-0.05, 0) is 25.0 Å². The van der Waals surface area contributed by atoms with Crippen LogP contribution in [0.15, 0.2) is 30.5 Å². The van der Waals surface area contributed by atoms with E-state index < -0.39 is 11.3 Å². The molecule has 2 atom stereocenters. The summed E-state index contributed by atoms with van der Waals surface area (Å²) in [6.45, 7) is 1.37. The minimum absolute atomic E-state index is 0.0813. The molecule has 2 aliphatic heterocycles. The van der Waals surface area contributed by atoms with Crippen molar-refractivity contribution in [2.75, 3.05) is 31.7 Å². The van der Waals surface area contributed by atoms with Gasteiger partial charge in [0.1, 0.15) is 5.41 Å². The molecule has 2 fully saturated rings. The van der Waals surface area contributed by atoms with E-state index in [-0.39, 0.29) is 24.2 Å². The average molecular weight is 421 g/mol. The van der Waals surface area contributed by atoms with E-state index >= 15 is 0 Å². The number of hydrogen-bond donors (Lipinski definition) is 4. The Morgan fingerprint density at radius 2 is 2.32 bits per heavy atom. The first-order valence-corrected chi connectivity index (χ1v) is 10.0. The first-order chi connectivity index (χ1) is 15.0. The van der Waals surface area contributed by atoms with E-state index in [4.69, 9.17) is 10.5 Å². The number of aromatic nitrogens is 2. The summed E-state index contributed by atoms with van der Waals surface area (Å²) >= 11 is 0. The number of primary amides is 1. The van der Waals surface area contributed by atoms with Gasteiger partial charge in [0.15, 0.2) is 11.5 Å². The molecule has 1 aromatic carbocycles. The van der Waals surface area contributed by atoms with Crippen molar-refractivity contribution in [2.24, 2.45) is 11.1 Å². The minimum atomic E-state index is -1.08. The number of aliphatic hydroxyl groups excluding tert-OH is 1. The van der Waals surface area contributed by atoms with Crippen LogP contribution in [0.1, 0.15) is 28.9 Å². The smallest absolute Gasteiger partial charge is 0.269 e. The van der Waals surface area contributed by atoms with Crippen LogP contribution < -0.4 is 16.4 Å². The van der Waals surface area contributed by atoms with Crippen LogP contribution in [-0.2, 0) is 9.53 Å². The van der Waals surface area contributed by atoms with Gasteiger partial charge in [0.05, 0.1) is 31.1 Å². The number of anilines is 1. The van der Waals surface area contributed by atoms with Gasteiger partial charge >= 0.3 is 0 Å².